The van der Waals surface area contributed by atoms with Crippen molar-refractivity contribution in [2.75, 3.05) is 13.3 Å². The van der Waals surface area contributed by atoms with Crippen LogP contribution in [-0.2, 0) is 11.3 Å². The SMILES string of the molecule is FCCCOCc1[c-]cccc1.[Br-].[Mg+2]. The van der Waals surface area contributed by atoms with Gasteiger partial charge in [-0.15, -0.1) is 5.56 Å². The maximum absolute atomic E-state index is 11.6. The van der Waals surface area contributed by atoms with E-state index in [4.69, 9.17) is 4.74 Å². The first-order valence-electron chi connectivity index (χ1n) is 4.03. The van der Waals surface area contributed by atoms with Gasteiger partial charge >= 0.3 is 23.1 Å². The number of hydrogen-bond acceptors (Lipinski definition) is 1. The van der Waals surface area contributed by atoms with Crippen molar-refractivity contribution in [2.24, 2.45) is 0 Å². The van der Waals surface area contributed by atoms with E-state index < -0.39 is 0 Å². The summed E-state index contributed by atoms with van der Waals surface area (Å²) in [6, 6.07) is 10.7. The molecule has 74 valence electrons. The molecule has 0 radical (unpaired) electrons. The van der Waals surface area contributed by atoms with Gasteiger partial charge in [-0.25, -0.2) is 0 Å². The molecule has 0 N–H and O–H groups in total. The van der Waals surface area contributed by atoms with Crippen LogP contribution in [0.15, 0.2) is 24.3 Å². The average molecular weight is 271 g/mol. The van der Waals surface area contributed by atoms with Crippen LogP contribution in [0.2, 0.25) is 0 Å². The molecule has 0 spiro atoms. The van der Waals surface area contributed by atoms with Crippen molar-refractivity contribution in [1.82, 2.24) is 0 Å². The summed E-state index contributed by atoms with van der Waals surface area (Å²) in [5.74, 6) is 0. The molecule has 0 aromatic heterocycles. The summed E-state index contributed by atoms with van der Waals surface area (Å²) in [5, 5.41) is 0. The first-order chi connectivity index (χ1) is 5.93. The Morgan fingerprint density at radius 1 is 1.36 bits per heavy atom. The van der Waals surface area contributed by atoms with Gasteiger partial charge in [0.25, 0.3) is 0 Å². The van der Waals surface area contributed by atoms with Gasteiger partial charge in [-0.2, -0.15) is 30.3 Å². The molecule has 0 saturated heterocycles. The number of halogens is 2. The predicted molar refractivity (Wildman–Crippen MR) is 51.3 cm³/mol. The van der Waals surface area contributed by atoms with Gasteiger partial charge in [0.1, 0.15) is 0 Å². The van der Waals surface area contributed by atoms with E-state index in [0.717, 1.165) is 5.56 Å². The third kappa shape index (κ3) is 7.73. The van der Waals surface area contributed by atoms with Gasteiger partial charge in [-0.3, -0.25) is 4.39 Å². The van der Waals surface area contributed by atoms with E-state index in [-0.39, 0.29) is 46.7 Å². The van der Waals surface area contributed by atoms with Crippen molar-refractivity contribution < 1.29 is 26.1 Å². The predicted octanol–water partition coefficient (Wildman–Crippen LogP) is -1.01. The summed E-state index contributed by atoms with van der Waals surface area (Å²) < 4.78 is 16.8. The van der Waals surface area contributed by atoms with Crippen molar-refractivity contribution in [2.45, 2.75) is 13.0 Å². The van der Waals surface area contributed by atoms with Crippen LogP contribution in [0, 0.1) is 6.07 Å². The molecular weight excluding hydrogens is 259 g/mol. The zero-order valence-corrected chi connectivity index (χ0v) is 11.0. The fraction of sp³-hybridized carbons (Fsp3) is 0.400. The Morgan fingerprint density at radius 3 is 2.71 bits per heavy atom. The van der Waals surface area contributed by atoms with Gasteiger partial charge in [-0.1, -0.05) is 0 Å². The Hall–Kier alpha value is 0.356. The number of benzene rings is 1. The second-order valence-corrected chi connectivity index (χ2v) is 2.48. The molecule has 0 atom stereocenters. The molecule has 0 aliphatic rings. The van der Waals surface area contributed by atoms with Gasteiger partial charge in [0.2, 0.25) is 0 Å². The molecule has 0 aliphatic heterocycles. The topological polar surface area (TPSA) is 9.23 Å². The molecule has 0 aliphatic carbocycles. The third-order valence-electron chi connectivity index (χ3n) is 1.45. The maximum atomic E-state index is 11.6. The van der Waals surface area contributed by atoms with Gasteiger partial charge in [0.15, 0.2) is 0 Å². The van der Waals surface area contributed by atoms with E-state index in [9.17, 15) is 4.39 Å². The standard InChI is InChI=1S/C10H12FO.BrH.Mg/c11-7-4-8-12-9-10-5-2-1-3-6-10;;/h1-3,5H,4,7-9H2;1H;/q-1;;+2/p-1. The number of rotatable bonds is 5. The molecule has 1 nitrogen and oxygen atoms in total. The molecule has 1 aromatic carbocycles. The van der Waals surface area contributed by atoms with Crippen LogP contribution in [0.1, 0.15) is 12.0 Å². The number of ether oxygens (including phenoxy) is 1. The molecule has 0 fully saturated rings. The van der Waals surface area contributed by atoms with Crippen LogP contribution >= 0.6 is 0 Å². The Bertz CT molecular complexity index is 209. The minimum absolute atomic E-state index is 0. The molecule has 1 rings (SSSR count). The quantitative estimate of drug-likeness (QED) is 0.379. The van der Waals surface area contributed by atoms with Gasteiger partial charge in [0.05, 0.1) is 6.67 Å². The third-order valence-corrected chi connectivity index (χ3v) is 1.45. The van der Waals surface area contributed by atoms with Crippen molar-refractivity contribution in [3.8, 4) is 0 Å². The zero-order valence-electron chi connectivity index (χ0n) is 8.01. The fourth-order valence-corrected chi connectivity index (χ4v) is 0.859. The Balaban J connectivity index is 0. The van der Waals surface area contributed by atoms with Crippen LogP contribution in [0.5, 0.6) is 0 Å². The van der Waals surface area contributed by atoms with Crippen molar-refractivity contribution in [3.63, 3.8) is 0 Å². The summed E-state index contributed by atoms with van der Waals surface area (Å²) in [6.45, 7) is 0.707. The first kappa shape index (κ1) is 16.8. The maximum Gasteiger partial charge on any atom is 2.00 e. The van der Waals surface area contributed by atoms with E-state index in [1.165, 1.54) is 0 Å². The molecule has 0 unspecified atom stereocenters. The van der Waals surface area contributed by atoms with Crippen molar-refractivity contribution in [1.29, 1.82) is 0 Å². The summed E-state index contributed by atoms with van der Waals surface area (Å²) in [7, 11) is 0. The molecule has 4 heteroatoms. The molecule has 1 aromatic rings. The molecule has 0 bridgehead atoms. The Morgan fingerprint density at radius 2 is 2.14 bits per heavy atom. The Labute approximate surface area is 111 Å². The van der Waals surface area contributed by atoms with Crippen molar-refractivity contribution >= 4 is 23.1 Å². The molecule has 0 saturated carbocycles. The largest absolute Gasteiger partial charge is 2.00 e. The molecule has 14 heavy (non-hydrogen) atoms. The smallest absolute Gasteiger partial charge is 1.00 e. The molecule has 0 amide bonds. The summed E-state index contributed by atoms with van der Waals surface area (Å²) >= 11 is 0. The van der Waals surface area contributed by atoms with E-state index in [0.29, 0.717) is 19.6 Å². The fourth-order valence-electron chi connectivity index (χ4n) is 0.859. The van der Waals surface area contributed by atoms with Gasteiger partial charge < -0.3 is 21.7 Å². The van der Waals surface area contributed by atoms with Crippen molar-refractivity contribution in [3.05, 3.63) is 35.9 Å². The van der Waals surface area contributed by atoms with Gasteiger partial charge in [-0.05, 0) is 6.42 Å². The van der Waals surface area contributed by atoms with Gasteiger partial charge in [0, 0.05) is 13.2 Å². The number of alkyl halides is 1. The second kappa shape index (κ2) is 11.4. The zero-order chi connectivity index (χ0) is 8.65. The van der Waals surface area contributed by atoms with E-state index in [1.807, 2.05) is 24.3 Å². The van der Waals surface area contributed by atoms with E-state index in [1.54, 1.807) is 0 Å². The van der Waals surface area contributed by atoms with Crippen LogP contribution in [0.25, 0.3) is 0 Å². The van der Waals surface area contributed by atoms with Crippen LogP contribution < -0.4 is 17.0 Å². The van der Waals surface area contributed by atoms with Crippen LogP contribution in [0.4, 0.5) is 4.39 Å². The minimum Gasteiger partial charge on any atom is -1.00 e. The summed E-state index contributed by atoms with van der Waals surface area (Å²) in [4.78, 5) is 0. The van der Waals surface area contributed by atoms with E-state index >= 15 is 0 Å². The first-order valence-corrected chi connectivity index (χ1v) is 4.03. The summed E-state index contributed by atoms with van der Waals surface area (Å²) in [6.07, 6.45) is 0.479. The number of hydrogen-bond donors (Lipinski definition) is 0. The Kier molecular flexibility index (Phi) is 13.7. The average Bonchev–Trinajstić information content (AvgIpc) is 2.14. The normalized spacial score (nSPS) is 8.64. The summed E-state index contributed by atoms with van der Waals surface area (Å²) in [5.41, 5.74) is 1.01. The van der Waals surface area contributed by atoms with Crippen LogP contribution in [-0.4, -0.2) is 36.3 Å². The molecule has 0 heterocycles. The molecular formula is C10H12BrFMgO. The second-order valence-electron chi connectivity index (χ2n) is 2.48. The van der Waals surface area contributed by atoms with E-state index in [2.05, 4.69) is 6.07 Å². The minimum atomic E-state index is -0.307. The van der Waals surface area contributed by atoms with Crippen LogP contribution in [0.3, 0.4) is 0 Å². The monoisotopic (exact) mass is 270 g/mol.